The van der Waals surface area contributed by atoms with Crippen molar-refractivity contribution in [1.29, 1.82) is 0 Å². The maximum Gasteiger partial charge on any atom is 0.346 e. The summed E-state index contributed by atoms with van der Waals surface area (Å²) in [7, 11) is 1.86. The van der Waals surface area contributed by atoms with Crippen molar-refractivity contribution >= 4 is 11.5 Å². The summed E-state index contributed by atoms with van der Waals surface area (Å²) in [4.78, 5) is 17.5. The molecule has 7 heteroatoms. The van der Waals surface area contributed by atoms with Crippen LogP contribution < -0.4 is 25.8 Å². The minimum absolute atomic E-state index is 0.433. The van der Waals surface area contributed by atoms with Crippen molar-refractivity contribution in [2.75, 3.05) is 25.5 Å². The van der Waals surface area contributed by atoms with Gasteiger partial charge in [-0.3, -0.25) is 4.98 Å². The standard InChI is InChI=1S/C13H14N4O3/c1-14-5-6-19-8-3-2-4-9-11(8)16-12-10(20-9)7-15-13(18)17-12/h2-4,7,14H,5-6H2,1H3,(H2,15,16,17,18). The Bertz CT molecular complexity index is 684. The zero-order chi connectivity index (χ0) is 13.9. The molecule has 0 saturated heterocycles. The average Bonchev–Trinajstić information content (AvgIpc) is 2.46. The number of anilines is 2. The third kappa shape index (κ3) is 2.30. The van der Waals surface area contributed by atoms with Gasteiger partial charge in [0.1, 0.15) is 18.0 Å². The molecule has 0 aliphatic carbocycles. The molecule has 0 radical (unpaired) electrons. The second-order valence-corrected chi connectivity index (χ2v) is 4.24. The quantitative estimate of drug-likeness (QED) is 0.620. The molecule has 2 heterocycles. The van der Waals surface area contributed by atoms with Crippen LogP contribution in [0.4, 0.5) is 11.5 Å². The Labute approximate surface area is 115 Å². The summed E-state index contributed by atoms with van der Waals surface area (Å²) in [6.07, 6.45) is 1.39. The highest BCUT2D eigenvalue weighted by Crippen LogP contribution is 2.44. The largest absolute Gasteiger partial charge is 0.490 e. The first kappa shape index (κ1) is 12.5. The summed E-state index contributed by atoms with van der Waals surface area (Å²) in [6.45, 7) is 1.27. The Kier molecular flexibility index (Phi) is 3.26. The van der Waals surface area contributed by atoms with E-state index in [0.717, 1.165) is 6.54 Å². The second-order valence-electron chi connectivity index (χ2n) is 4.24. The molecule has 3 rings (SSSR count). The first-order valence-electron chi connectivity index (χ1n) is 6.22. The van der Waals surface area contributed by atoms with E-state index in [2.05, 4.69) is 20.6 Å². The van der Waals surface area contributed by atoms with Crippen molar-refractivity contribution < 1.29 is 9.47 Å². The lowest BCUT2D eigenvalue weighted by atomic mass is 10.2. The molecule has 0 bridgehead atoms. The van der Waals surface area contributed by atoms with Gasteiger partial charge in [-0.25, -0.2) is 4.79 Å². The van der Waals surface area contributed by atoms with Gasteiger partial charge in [-0.05, 0) is 19.2 Å². The first-order valence-corrected chi connectivity index (χ1v) is 6.22. The van der Waals surface area contributed by atoms with Gasteiger partial charge < -0.3 is 20.1 Å². The van der Waals surface area contributed by atoms with Gasteiger partial charge in [0.25, 0.3) is 0 Å². The van der Waals surface area contributed by atoms with E-state index < -0.39 is 5.69 Å². The highest BCUT2D eigenvalue weighted by atomic mass is 16.5. The second kappa shape index (κ2) is 5.22. The Balaban J connectivity index is 1.91. The highest BCUT2D eigenvalue weighted by Gasteiger charge is 2.20. The summed E-state index contributed by atoms with van der Waals surface area (Å²) in [6, 6.07) is 5.51. The number of ether oxygens (including phenoxy) is 2. The van der Waals surface area contributed by atoms with Gasteiger partial charge in [0.15, 0.2) is 17.3 Å². The third-order valence-corrected chi connectivity index (χ3v) is 2.84. The van der Waals surface area contributed by atoms with Crippen molar-refractivity contribution in [3.05, 3.63) is 34.9 Å². The number of H-pyrrole nitrogens is 1. The van der Waals surface area contributed by atoms with Crippen molar-refractivity contribution in [3.8, 4) is 17.2 Å². The molecule has 1 aromatic carbocycles. The molecule has 0 unspecified atom stereocenters. The summed E-state index contributed by atoms with van der Waals surface area (Å²) < 4.78 is 11.4. The number of nitrogens with zero attached hydrogens (tertiary/aromatic N) is 1. The lowest BCUT2D eigenvalue weighted by molar-refractivity contribution is 0.318. The lowest BCUT2D eigenvalue weighted by Crippen LogP contribution is -2.18. The number of hydrogen-bond acceptors (Lipinski definition) is 6. The van der Waals surface area contributed by atoms with E-state index in [1.807, 2.05) is 25.2 Å². The predicted molar refractivity (Wildman–Crippen MR) is 74.1 cm³/mol. The van der Waals surface area contributed by atoms with Crippen molar-refractivity contribution in [2.24, 2.45) is 0 Å². The topological polar surface area (TPSA) is 88.3 Å². The molecule has 20 heavy (non-hydrogen) atoms. The number of fused-ring (bicyclic) bond motifs is 2. The van der Waals surface area contributed by atoms with Crippen LogP contribution in [-0.4, -0.2) is 30.2 Å². The zero-order valence-corrected chi connectivity index (χ0v) is 10.9. The number of para-hydroxylation sites is 1. The van der Waals surface area contributed by atoms with Crippen molar-refractivity contribution in [1.82, 2.24) is 15.3 Å². The molecule has 0 amide bonds. The van der Waals surface area contributed by atoms with E-state index in [1.165, 1.54) is 6.20 Å². The third-order valence-electron chi connectivity index (χ3n) is 2.84. The molecule has 7 nitrogen and oxygen atoms in total. The first-order chi connectivity index (χ1) is 9.78. The lowest BCUT2D eigenvalue weighted by Gasteiger charge is -2.22. The van der Waals surface area contributed by atoms with E-state index in [4.69, 9.17) is 9.47 Å². The SMILES string of the molecule is CNCCOc1cccc2c1Nc1[nH]c(=O)ncc1O2. The highest BCUT2D eigenvalue weighted by molar-refractivity contribution is 5.77. The summed E-state index contributed by atoms with van der Waals surface area (Å²) in [5, 5.41) is 6.12. The van der Waals surface area contributed by atoms with Gasteiger partial charge in [0, 0.05) is 6.54 Å². The Morgan fingerprint density at radius 2 is 2.30 bits per heavy atom. The van der Waals surface area contributed by atoms with Crippen LogP contribution in [0.1, 0.15) is 0 Å². The molecule has 0 atom stereocenters. The maximum atomic E-state index is 11.2. The molecule has 0 fully saturated rings. The number of rotatable bonds is 4. The van der Waals surface area contributed by atoms with Gasteiger partial charge in [0.05, 0.1) is 6.20 Å². The van der Waals surface area contributed by atoms with Gasteiger partial charge in [-0.2, -0.15) is 4.98 Å². The maximum absolute atomic E-state index is 11.2. The fourth-order valence-corrected chi connectivity index (χ4v) is 1.90. The molecule has 1 aliphatic rings. The minimum atomic E-state index is -0.433. The number of hydrogen-bond donors (Lipinski definition) is 3. The molecular formula is C13H14N4O3. The fourth-order valence-electron chi connectivity index (χ4n) is 1.90. The van der Waals surface area contributed by atoms with E-state index >= 15 is 0 Å². The van der Waals surface area contributed by atoms with Crippen LogP contribution in [0.15, 0.2) is 29.2 Å². The average molecular weight is 274 g/mol. The van der Waals surface area contributed by atoms with E-state index in [0.29, 0.717) is 35.4 Å². The fraction of sp³-hybridized carbons (Fsp3) is 0.231. The Morgan fingerprint density at radius 1 is 1.40 bits per heavy atom. The summed E-state index contributed by atoms with van der Waals surface area (Å²) in [5.74, 6) is 2.25. The molecule has 1 aliphatic heterocycles. The van der Waals surface area contributed by atoms with Gasteiger partial charge in [0.2, 0.25) is 0 Å². The van der Waals surface area contributed by atoms with Crippen molar-refractivity contribution in [2.45, 2.75) is 0 Å². The van der Waals surface area contributed by atoms with E-state index in [1.54, 1.807) is 0 Å². The summed E-state index contributed by atoms with van der Waals surface area (Å²) >= 11 is 0. The number of aromatic nitrogens is 2. The van der Waals surface area contributed by atoms with E-state index in [-0.39, 0.29) is 0 Å². The number of likely N-dealkylation sites (N-methyl/N-ethyl adjacent to an activating group) is 1. The van der Waals surface area contributed by atoms with Gasteiger partial charge in [-0.1, -0.05) is 6.07 Å². The Morgan fingerprint density at radius 3 is 3.15 bits per heavy atom. The van der Waals surface area contributed by atoms with Crippen LogP contribution in [0.3, 0.4) is 0 Å². The molecule has 104 valence electrons. The zero-order valence-electron chi connectivity index (χ0n) is 10.9. The molecular weight excluding hydrogens is 260 g/mol. The number of benzene rings is 1. The monoisotopic (exact) mass is 274 g/mol. The van der Waals surface area contributed by atoms with Crippen LogP contribution in [-0.2, 0) is 0 Å². The molecule has 2 aromatic rings. The van der Waals surface area contributed by atoms with Crippen LogP contribution in [0.2, 0.25) is 0 Å². The van der Waals surface area contributed by atoms with Crippen LogP contribution in [0.5, 0.6) is 17.2 Å². The van der Waals surface area contributed by atoms with Gasteiger partial charge in [-0.15, -0.1) is 0 Å². The number of aromatic amines is 1. The molecule has 0 spiro atoms. The van der Waals surface area contributed by atoms with Crippen LogP contribution in [0, 0.1) is 0 Å². The van der Waals surface area contributed by atoms with Crippen molar-refractivity contribution in [3.63, 3.8) is 0 Å². The van der Waals surface area contributed by atoms with E-state index in [9.17, 15) is 4.79 Å². The smallest absolute Gasteiger partial charge is 0.346 e. The molecule has 3 N–H and O–H groups in total. The number of nitrogens with one attached hydrogen (secondary N) is 3. The van der Waals surface area contributed by atoms with Crippen LogP contribution >= 0.6 is 0 Å². The molecule has 1 aromatic heterocycles. The minimum Gasteiger partial charge on any atom is -0.490 e. The summed E-state index contributed by atoms with van der Waals surface area (Å²) in [5.41, 5.74) is 0.259. The Hall–Kier alpha value is -2.54. The molecule has 0 saturated carbocycles. The van der Waals surface area contributed by atoms with Gasteiger partial charge >= 0.3 is 5.69 Å². The van der Waals surface area contributed by atoms with Crippen LogP contribution in [0.25, 0.3) is 0 Å². The normalized spacial score (nSPS) is 11.8. The predicted octanol–water partition coefficient (Wildman–Crippen LogP) is 1.22.